The van der Waals surface area contributed by atoms with Crippen molar-refractivity contribution < 1.29 is 4.79 Å². The summed E-state index contributed by atoms with van der Waals surface area (Å²) in [6.07, 6.45) is 9.81. The van der Waals surface area contributed by atoms with Crippen LogP contribution in [0.3, 0.4) is 0 Å². The summed E-state index contributed by atoms with van der Waals surface area (Å²) in [4.78, 5) is 20.4. The van der Waals surface area contributed by atoms with Crippen LogP contribution in [0.5, 0.6) is 0 Å². The molecular weight excluding hydrogens is 340 g/mol. The molecule has 1 aromatic carbocycles. The molecule has 2 aromatic rings. The molecule has 2 aliphatic heterocycles. The minimum atomic E-state index is -0.416. The number of aromatic amines is 1. The first kappa shape index (κ1) is 17.7. The number of imidazole rings is 1. The van der Waals surface area contributed by atoms with Crippen LogP contribution in [0.25, 0.3) is 11.0 Å². The van der Waals surface area contributed by atoms with E-state index in [0.717, 1.165) is 54.9 Å². The van der Waals surface area contributed by atoms with Crippen molar-refractivity contribution in [2.45, 2.75) is 50.1 Å². The quantitative estimate of drug-likeness (QED) is 0.658. The molecule has 0 bridgehead atoms. The van der Waals surface area contributed by atoms with Crippen molar-refractivity contribution >= 4 is 22.6 Å². The van der Waals surface area contributed by atoms with Gasteiger partial charge in [0.1, 0.15) is 5.82 Å². The third-order valence-electron chi connectivity index (χ3n) is 5.31. The molecule has 1 saturated heterocycles. The van der Waals surface area contributed by atoms with Crippen LogP contribution in [0.4, 0.5) is 5.69 Å². The van der Waals surface area contributed by atoms with E-state index in [0.29, 0.717) is 25.2 Å². The van der Waals surface area contributed by atoms with Gasteiger partial charge in [0, 0.05) is 37.3 Å². The first-order valence-electron chi connectivity index (χ1n) is 9.55. The Balaban J connectivity index is 1.36. The normalized spacial score (nSPS) is 18.3. The molecular formula is C20H24N6O. The number of piperidine rings is 1. The number of nitrogens with one attached hydrogen (secondary N) is 3. The van der Waals surface area contributed by atoms with E-state index in [4.69, 9.17) is 11.4 Å². The number of H-pyrrole nitrogens is 1. The molecule has 0 unspecified atom stereocenters. The van der Waals surface area contributed by atoms with E-state index in [2.05, 4.69) is 31.8 Å². The molecule has 7 heteroatoms. The molecule has 27 heavy (non-hydrogen) atoms. The molecule has 0 spiro atoms. The standard InChI is InChI=1S/C20H24N6O/c1-2-3-9-20(25-26-20)10-6-18(27)22-15-4-5-16-17(13-15)24-19(23-16)14-7-11-21-12-8-14/h1,4-5,13-14,21H,3,6-12H2,(H,22,27)(H,23,24). The summed E-state index contributed by atoms with van der Waals surface area (Å²) in [5.41, 5.74) is 2.25. The second-order valence-electron chi connectivity index (χ2n) is 7.31. The molecule has 1 aromatic heterocycles. The average molecular weight is 364 g/mol. The van der Waals surface area contributed by atoms with Gasteiger partial charge in [-0.1, -0.05) is 0 Å². The zero-order valence-corrected chi connectivity index (χ0v) is 15.3. The van der Waals surface area contributed by atoms with E-state index < -0.39 is 5.66 Å². The lowest BCUT2D eigenvalue weighted by Crippen LogP contribution is -2.27. The summed E-state index contributed by atoms with van der Waals surface area (Å²) in [5, 5.41) is 14.5. The van der Waals surface area contributed by atoms with Crippen molar-refractivity contribution in [2.24, 2.45) is 10.2 Å². The number of nitrogens with zero attached hydrogens (tertiary/aromatic N) is 3. The van der Waals surface area contributed by atoms with Crippen molar-refractivity contribution in [3.63, 3.8) is 0 Å². The monoisotopic (exact) mass is 364 g/mol. The predicted octanol–water partition coefficient (Wildman–Crippen LogP) is 3.32. The van der Waals surface area contributed by atoms with Gasteiger partial charge in [-0.3, -0.25) is 4.79 Å². The number of carbonyl (C=O) groups excluding carboxylic acids is 1. The van der Waals surface area contributed by atoms with Gasteiger partial charge in [0.25, 0.3) is 0 Å². The molecule has 0 aliphatic carbocycles. The summed E-state index contributed by atoms with van der Waals surface area (Å²) < 4.78 is 0. The number of fused-ring (bicyclic) bond motifs is 1. The average Bonchev–Trinajstić information content (AvgIpc) is 3.34. The van der Waals surface area contributed by atoms with Crippen LogP contribution in [0, 0.1) is 12.3 Å². The molecule has 0 atom stereocenters. The Bertz CT molecular complexity index is 897. The number of terminal acetylenes is 1. The fraction of sp³-hybridized carbons (Fsp3) is 0.500. The van der Waals surface area contributed by atoms with Crippen molar-refractivity contribution in [1.29, 1.82) is 0 Å². The molecule has 140 valence electrons. The zero-order chi connectivity index (χ0) is 18.7. The topological polar surface area (TPSA) is 94.5 Å². The van der Waals surface area contributed by atoms with Gasteiger partial charge in [0.15, 0.2) is 5.66 Å². The molecule has 0 radical (unpaired) electrons. The third kappa shape index (κ3) is 4.17. The van der Waals surface area contributed by atoms with Crippen molar-refractivity contribution in [1.82, 2.24) is 15.3 Å². The third-order valence-corrected chi connectivity index (χ3v) is 5.31. The fourth-order valence-electron chi connectivity index (χ4n) is 3.60. The lowest BCUT2D eigenvalue weighted by atomic mass is 9.98. The van der Waals surface area contributed by atoms with Crippen LogP contribution in [-0.4, -0.2) is 34.6 Å². The minimum absolute atomic E-state index is 0.0372. The van der Waals surface area contributed by atoms with Crippen molar-refractivity contribution in [2.75, 3.05) is 18.4 Å². The van der Waals surface area contributed by atoms with Gasteiger partial charge in [0.05, 0.1) is 11.0 Å². The Morgan fingerprint density at radius 2 is 2.11 bits per heavy atom. The van der Waals surface area contributed by atoms with E-state index in [1.807, 2.05) is 18.2 Å². The lowest BCUT2D eigenvalue weighted by Gasteiger charge is -2.20. The molecule has 1 amide bonds. The van der Waals surface area contributed by atoms with Crippen molar-refractivity contribution in [3.05, 3.63) is 24.0 Å². The van der Waals surface area contributed by atoms with Gasteiger partial charge in [0.2, 0.25) is 5.91 Å². The molecule has 4 rings (SSSR count). The summed E-state index contributed by atoms with van der Waals surface area (Å²) in [6, 6.07) is 5.80. The number of amides is 1. The highest BCUT2D eigenvalue weighted by Crippen LogP contribution is 2.37. The summed E-state index contributed by atoms with van der Waals surface area (Å²) in [7, 11) is 0. The van der Waals surface area contributed by atoms with Crippen LogP contribution < -0.4 is 10.6 Å². The highest BCUT2D eigenvalue weighted by Gasteiger charge is 2.39. The van der Waals surface area contributed by atoms with E-state index >= 15 is 0 Å². The largest absolute Gasteiger partial charge is 0.342 e. The minimum Gasteiger partial charge on any atom is -0.342 e. The summed E-state index contributed by atoms with van der Waals surface area (Å²) in [5.74, 6) is 4.08. The van der Waals surface area contributed by atoms with E-state index in [1.165, 1.54) is 0 Å². The van der Waals surface area contributed by atoms with Gasteiger partial charge in [-0.15, -0.1) is 12.3 Å². The van der Waals surface area contributed by atoms with Gasteiger partial charge < -0.3 is 15.6 Å². The Kier molecular flexibility index (Phi) is 4.90. The van der Waals surface area contributed by atoms with Crippen LogP contribution in [-0.2, 0) is 4.79 Å². The second-order valence-corrected chi connectivity index (χ2v) is 7.31. The number of carbonyl (C=O) groups is 1. The smallest absolute Gasteiger partial charge is 0.224 e. The van der Waals surface area contributed by atoms with E-state index in [9.17, 15) is 4.79 Å². The number of aromatic nitrogens is 2. The summed E-state index contributed by atoms with van der Waals surface area (Å²) >= 11 is 0. The maximum Gasteiger partial charge on any atom is 0.224 e. The number of hydrogen-bond donors (Lipinski definition) is 3. The first-order valence-corrected chi connectivity index (χ1v) is 9.55. The Labute approximate surface area is 158 Å². The van der Waals surface area contributed by atoms with Gasteiger partial charge in [-0.2, -0.15) is 10.2 Å². The number of hydrogen-bond acceptors (Lipinski definition) is 5. The maximum atomic E-state index is 12.3. The highest BCUT2D eigenvalue weighted by atomic mass is 16.1. The number of anilines is 1. The van der Waals surface area contributed by atoms with E-state index in [-0.39, 0.29) is 5.91 Å². The van der Waals surface area contributed by atoms with Crippen LogP contribution in [0.1, 0.15) is 50.3 Å². The number of benzene rings is 1. The predicted molar refractivity (Wildman–Crippen MR) is 104 cm³/mol. The molecule has 3 N–H and O–H groups in total. The summed E-state index contributed by atoms with van der Waals surface area (Å²) in [6.45, 7) is 2.06. The van der Waals surface area contributed by atoms with E-state index in [1.54, 1.807) is 0 Å². The van der Waals surface area contributed by atoms with Gasteiger partial charge in [-0.25, -0.2) is 4.98 Å². The zero-order valence-electron chi connectivity index (χ0n) is 15.3. The SMILES string of the molecule is C#CCCC1(CCC(=O)Nc2ccc3nc(C4CCNCC4)[nH]c3c2)N=N1. The molecule has 1 fully saturated rings. The highest BCUT2D eigenvalue weighted by molar-refractivity contribution is 5.93. The van der Waals surface area contributed by atoms with Gasteiger partial charge >= 0.3 is 0 Å². The lowest BCUT2D eigenvalue weighted by molar-refractivity contribution is -0.116. The number of rotatable bonds is 7. The fourth-order valence-corrected chi connectivity index (χ4v) is 3.60. The van der Waals surface area contributed by atoms with Crippen LogP contribution >= 0.6 is 0 Å². The maximum absolute atomic E-state index is 12.3. The Morgan fingerprint density at radius 1 is 1.30 bits per heavy atom. The molecule has 2 aliphatic rings. The molecule has 7 nitrogen and oxygen atoms in total. The van der Waals surface area contributed by atoms with Crippen LogP contribution in [0.2, 0.25) is 0 Å². The second kappa shape index (κ2) is 7.49. The van der Waals surface area contributed by atoms with Crippen LogP contribution in [0.15, 0.2) is 28.4 Å². The van der Waals surface area contributed by atoms with Crippen molar-refractivity contribution in [3.8, 4) is 12.3 Å². The Morgan fingerprint density at radius 3 is 2.85 bits per heavy atom. The van der Waals surface area contributed by atoms with Gasteiger partial charge in [-0.05, 0) is 44.1 Å². The Hall–Kier alpha value is -2.72. The first-order chi connectivity index (χ1) is 13.2. The molecule has 0 saturated carbocycles. The molecule has 3 heterocycles.